The van der Waals surface area contributed by atoms with E-state index in [1.807, 2.05) is 0 Å². The number of likely N-dealkylation sites (tertiary alicyclic amines) is 1. The van der Waals surface area contributed by atoms with Crippen molar-refractivity contribution in [1.29, 1.82) is 0 Å². The Bertz CT molecular complexity index is 534. The molecule has 2 saturated heterocycles. The summed E-state index contributed by atoms with van der Waals surface area (Å²) in [5.41, 5.74) is 5.99. The summed E-state index contributed by atoms with van der Waals surface area (Å²) in [6, 6.07) is 5.24. The fourth-order valence-electron chi connectivity index (χ4n) is 3.37. The Morgan fingerprint density at radius 2 is 2.05 bits per heavy atom. The minimum atomic E-state index is -0.530. The number of nitrogens with zero attached hydrogens (tertiary/aromatic N) is 2. The number of hydrogen-bond donors (Lipinski definition) is 1. The number of fused-ring (bicyclic) bond motifs is 2. The first-order valence-electron chi connectivity index (χ1n) is 7.12. The van der Waals surface area contributed by atoms with Gasteiger partial charge in [-0.3, -0.25) is 9.69 Å². The van der Waals surface area contributed by atoms with E-state index in [0.29, 0.717) is 30.9 Å². The predicted octanol–water partition coefficient (Wildman–Crippen LogP) is 1.72. The summed E-state index contributed by atoms with van der Waals surface area (Å²) in [5.74, 6) is -0.749. The highest BCUT2D eigenvalue weighted by Crippen LogP contribution is 2.29. The van der Waals surface area contributed by atoms with Crippen molar-refractivity contribution in [2.24, 2.45) is 0 Å². The average molecular weight is 277 g/mol. The lowest BCUT2D eigenvalue weighted by Gasteiger charge is -2.26. The van der Waals surface area contributed by atoms with Gasteiger partial charge in [-0.2, -0.15) is 0 Å². The van der Waals surface area contributed by atoms with Gasteiger partial charge in [-0.25, -0.2) is 4.39 Å². The van der Waals surface area contributed by atoms with Crippen LogP contribution in [0.3, 0.4) is 0 Å². The van der Waals surface area contributed by atoms with E-state index in [0.717, 1.165) is 12.8 Å². The maximum Gasteiger partial charge on any atom is 0.256 e. The molecule has 0 saturated carbocycles. The van der Waals surface area contributed by atoms with Crippen LogP contribution in [-0.2, 0) is 0 Å². The molecule has 2 bridgehead atoms. The molecule has 5 heteroatoms. The van der Waals surface area contributed by atoms with Crippen molar-refractivity contribution >= 4 is 11.6 Å². The maximum absolute atomic E-state index is 13.9. The number of carbonyl (C=O) groups excluding carboxylic acids is 1. The lowest BCUT2D eigenvalue weighted by molar-refractivity contribution is 0.0735. The van der Waals surface area contributed by atoms with E-state index in [-0.39, 0.29) is 11.5 Å². The lowest BCUT2D eigenvalue weighted by atomic mass is 10.1. The summed E-state index contributed by atoms with van der Waals surface area (Å²) < 4.78 is 13.9. The van der Waals surface area contributed by atoms with Crippen molar-refractivity contribution in [3.8, 4) is 0 Å². The number of hydrogen-bond acceptors (Lipinski definition) is 3. The second-order valence-corrected chi connectivity index (χ2v) is 5.83. The molecule has 1 aromatic carbocycles. The zero-order chi connectivity index (χ0) is 14.3. The molecule has 2 unspecified atom stereocenters. The third-order valence-electron chi connectivity index (χ3n) is 4.66. The molecular formula is C15H20FN3O. The van der Waals surface area contributed by atoms with Gasteiger partial charge >= 0.3 is 0 Å². The first-order valence-corrected chi connectivity index (χ1v) is 7.12. The molecule has 2 aliphatic heterocycles. The molecule has 4 nitrogen and oxygen atoms in total. The van der Waals surface area contributed by atoms with Crippen molar-refractivity contribution in [1.82, 2.24) is 9.80 Å². The minimum Gasteiger partial charge on any atom is -0.399 e. The van der Waals surface area contributed by atoms with Gasteiger partial charge in [0.2, 0.25) is 0 Å². The molecule has 2 atom stereocenters. The van der Waals surface area contributed by atoms with E-state index in [1.54, 1.807) is 11.0 Å². The Kier molecular flexibility index (Phi) is 3.38. The number of amides is 1. The molecule has 0 radical (unpaired) electrons. The van der Waals surface area contributed by atoms with Crippen molar-refractivity contribution in [2.45, 2.75) is 31.3 Å². The zero-order valence-corrected chi connectivity index (χ0v) is 11.7. The van der Waals surface area contributed by atoms with Gasteiger partial charge < -0.3 is 10.6 Å². The summed E-state index contributed by atoms with van der Waals surface area (Å²) in [6.07, 6.45) is 3.30. The number of halogens is 1. The third kappa shape index (κ3) is 2.26. The van der Waals surface area contributed by atoms with Gasteiger partial charge in [0, 0.05) is 30.9 Å². The molecule has 2 N–H and O–H groups in total. The Labute approximate surface area is 118 Å². The summed E-state index contributed by atoms with van der Waals surface area (Å²) in [7, 11) is 2.13. The highest BCUT2D eigenvalue weighted by molar-refractivity contribution is 5.94. The standard InChI is InChI=1S/C15H20FN3O/c1-18-11-3-4-12(18)9-19(7-6-11)15(20)13-5-2-10(17)8-14(13)16/h2,5,8,11-12H,3-4,6-7,9,17H2,1H3. The van der Waals surface area contributed by atoms with Crippen LogP contribution in [0.25, 0.3) is 0 Å². The van der Waals surface area contributed by atoms with Gasteiger partial charge in [0.05, 0.1) is 5.56 Å². The second-order valence-electron chi connectivity index (χ2n) is 5.83. The number of benzene rings is 1. The minimum absolute atomic E-state index is 0.125. The fraction of sp³-hybridized carbons (Fsp3) is 0.533. The van der Waals surface area contributed by atoms with Crippen LogP contribution in [0, 0.1) is 5.82 Å². The second kappa shape index (κ2) is 5.05. The number of nitrogens with two attached hydrogens (primary N) is 1. The lowest BCUT2D eigenvalue weighted by Crippen LogP contribution is -2.40. The highest BCUT2D eigenvalue weighted by atomic mass is 19.1. The quantitative estimate of drug-likeness (QED) is 0.795. The first-order chi connectivity index (χ1) is 9.56. The number of rotatable bonds is 1. The van der Waals surface area contributed by atoms with Crippen LogP contribution in [0.4, 0.5) is 10.1 Å². The molecule has 1 aromatic rings. The molecule has 0 aliphatic carbocycles. The summed E-state index contributed by atoms with van der Waals surface area (Å²) >= 11 is 0. The molecule has 0 spiro atoms. The van der Waals surface area contributed by atoms with Gasteiger partial charge in [0.1, 0.15) is 5.82 Å². The van der Waals surface area contributed by atoms with E-state index < -0.39 is 5.82 Å². The Morgan fingerprint density at radius 1 is 1.30 bits per heavy atom. The van der Waals surface area contributed by atoms with Crippen LogP contribution >= 0.6 is 0 Å². The summed E-state index contributed by atoms with van der Waals surface area (Å²) in [5, 5.41) is 0. The van der Waals surface area contributed by atoms with Crippen molar-refractivity contribution < 1.29 is 9.18 Å². The van der Waals surface area contributed by atoms with E-state index in [4.69, 9.17) is 5.73 Å². The smallest absolute Gasteiger partial charge is 0.256 e. The van der Waals surface area contributed by atoms with Crippen LogP contribution in [0.1, 0.15) is 29.6 Å². The Morgan fingerprint density at radius 3 is 2.80 bits per heavy atom. The molecule has 1 amide bonds. The molecule has 2 heterocycles. The van der Waals surface area contributed by atoms with Crippen LogP contribution in [-0.4, -0.2) is 47.9 Å². The van der Waals surface area contributed by atoms with Crippen molar-refractivity contribution in [3.63, 3.8) is 0 Å². The van der Waals surface area contributed by atoms with E-state index in [1.165, 1.54) is 18.6 Å². The van der Waals surface area contributed by atoms with E-state index in [9.17, 15) is 9.18 Å². The topological polar surface area (TPSA) is 49.6 Å². The van der Waals surface area contributed by atoms with Crippen LogP contribution in [0.2, 0.25) is 0 Å². The van der Waals surface area contributed by atoms with Crippen LogP contribution < -0.4 is 5.73 Å². The summed E-state index contributed by atoms with van der Waals surface area (Å²) in [4.78, 5) is 16.6. The molecule has 3 rings (SSSR count). The van der Waals surface area contributed by atoms with Gasteiger partial charge in [0.15, 0.2) is 0 Å². The van der Waals surface area contributed by atoms with Gasteiger partial charge in [-0.15, -0.1) is 0 Å². The third-order valence-corrected chi connectivity index (χ3v) is 4.66. The number of likely N-dealkylation sites (N-methyl/N-ethyl adjacent to an activating group) is 1. The fourth-order valence-corrected chi connectivity index (χ4v) is 3.37. The molecule has 20 heavy (non-hydrogen) atoms. The average Bonchev–Trinajstić information content (AvgIpc) is 2.62. The Balaban J connectivity index is 1.80. The van der Waals surface area contributed by atoms with Gasteiger partial charge in [0.25, 0.3) is 5.91 Å². The molecular weight excluding hydrogens is 257 g/mol. The molecule has 0 aromatic heterocycles. The van der Waals surface area contributed by atoms with Crippen LogP contribution in [0.5, 0.6) is 0 Å². The molecule has 2 aliphatic rings. The highest BCUT2D eigenvalue weighted by Gasteiger charge is 2.36. The first kappa shape index (κ1) is 13.4. The zero-order valence-electron chi connectivity index (χ0n) is 11.7. The molecule has 2 fully saturated rings. The number of nitrogen functional groups attached to an aromatic ring is 1. The van der Waals surface area contributed by atoms with Gasteiger partial charge in [-0.05, 0) is 44.5 Å². The van der Waals surface area contributed by atoms with Crippen molar-refractivity contribution in [3.05, 3.63) is 29.6 Å². The maximum atomic E-state index is 13.9. The van der Waals surface area contributed by atoms with Crippen molar-refractivity contribution in [2.75, 3.05) is 25.9 Å². The normalized spacial score (nSPS) is 26.6. The monoisotopic (exact) mass is 277 g/mol. The van der Waals surface area contributed by atoms with Crippen LogP contribution in [0.15, 0.2) is 18.2 Å². The van der Waals surface area contributed by atoms with E-state index in [2.05, 4.69) is 11.9 Å². The van der Waals surface area contributed by atoms with Gasteiger partial charge in [-0.1, -0.05) is 0 Å². The predicted molar refractivity (Wildman–Crippen MR) is 75.9 cm³/mol. The number of anilines is 1. The largest absolute Gasteiger partial charge is 0.399 e. The Hall–Kier alpha value is -1.62. The number of carbonyl (C=O) groups is 1. The molecule has 108 valence electrons. The SMILES string of the molecule is CN1C2CCC1CN(C(=O)c1ccc(N)cc1F)CC2. The summed E-state index contributed by atoms with van der Waals surface area (Å²) in [6.45, 7) is 1.39. The van der Waals surface area contributed by atoms with E-state index >= 15 is 0 Å².